The molecule has 2 nitrogen and oxygen atoms in total. The molecule has 0 aliphatic rings. The molecule has 1 aromatic carbocycles. The molecule has 0 aliphatic heterocycles. The first-order chi connectivity index (χ1) is 9.90. The van der Waals surface area contributed by atoms with Crippen LogP contribution in [0.4, 0.5) is 0 Å². The third-order valence-electron chi connectivity index (χ3n) is 3.89. The van der Waals surface area contributed by atoms with Gasteiger partial charge in [-0.15, -0.1) is 0 Å². The molecule has 0 N–H and O–H groups in total. The van der Waals surface area contributed by atoms with Gasteiger partial charge in [-0.3, -0.25) is 0 Å². The molecule has 0 saturated heterocycles. The molecular weight excluding hydrogens is 300 g/mol. The Labute approximate surface area is 131 Å². The van der Waals surface area contributed by atoms with Crippen LogP contribution in [0.2, 0.25) is 0 Å². The fourth-order valence-corrected chi connectivity index (χ4v) is 3.99. The van der Waals surface area contributed by atoms with E-state index in [2.05, 4.69) is 48.0 Å². The first-order valence-electron chi connectivity index (χ1n) is 7.24. The Morgan fingerprint density at radius 3 is 2.19 bits per heavy atom. The summed E-state index contributed by atoms with van der Waals surface area (Å²) in [6.45, 7) is 5.58. The fraction of sp³-hybridized carbons (Fsp3) is 0.412. The largest absolute Gasteiger partial charge is 0.229 e. The molecule has 0 spiro atoms. The third kappa shape index (κ3) is 4.17. The van der Waals surface area contributed by atoms with Gasteiger partial charge in [0.2, 0.25) is 0 Å². The normalized spacial score (nSPS) is 13.5. The summed E-state index contributed by atoms with van der Waals surface area (Å²) in [5, 5.41) is 3.92. The Kier molecular flexibility index (Phi) is 5.22. The van der Waals surface area contributed by atoms with Crippen molar-refractivity contribution < 1.29 is 8.42 Å². The molecule has 0 bridgehead atoms. The smallest absolute Gasteiger partial charge is 0.152 e. The van der Waals surface area contributed by atoms with Gasteiger partial charge < -0.3 is 0 Å². The minimum absolute atomic E-state index is 0.259. The summed E-state index contributed by atoms with van der Waals surface area (Å²) < 4.78 is 23.8. The van der Waals surface area contributed by atoms with Crippen LogP contribution in [0.1, 0.15) is 38.7 Å². The third-order valence-corrected chi connectivity index (χ3v) is 6.81. The molecular formula is C17H22O2S2. The van der Waals surface area contributed by atoms with Crippen molar-refractivity contribution in [3.8, 4) is 11.1 Å². The van der Waals surface area contributed by atoms with Crippen molar-refractivity contribution in [1.82, 2.24) is 0 Å². The van der Waals surface area contributed by atoms with E-state index in [4.69, 9.17) is 0 Å². The zero-order valence-electron chi connectivity index (χ0n) is 12.7. The van der Waals surface area contributed by atoms with E-state index in [0.29, 0.717) is 6.42 Å². The molecule has 0 amide bonds. The van der Waals surface area contributed by atoms with Crippen LogP contribution >= 0.6 is 11.3 Å². The molecule has 1 unspecified atom stereocenters. The van der Waals surface area contributed by atoms with Gasteiger partial charge in [-0.25, -0.2) is 8.42 Å². The number of sulfone groups is 1. The molecule has 21 heavy (non-hydrogen) atoms. The van der Waals surface area contributed by atoms with Crippen molar-refractivity contribution in [2.75, 3.05) is 5.75 Å². The van der Waals surface area contributed by atoms with Crippen LogP contribution < -0.4 is 0 Å². The molecule has 4 heteroatoms. The van der Waals surface area contributed by atoms with Crippen molar-refractivity contribution >= 4 is 21.2 Å². The van der Waals surface area contributed by atoms with Crippen LogP contribution in [-0.4, -0.2) is 19.4 Å². The Morgan fingerprint density at radius 1 is 1.00 bits per heavy atom. The van der Waals surface area contributed by atoms with Gasteiger partial charge in [-0.05, 0) is 59.7 Å². The summed E-state index contributed by atoms with van der Waals surface area (Å²) in [5.74, 6) is 0.521. The summed E-state index contributed by atoms with van der Waals surface area (Å²) in [4.78, 5) is 0. The lowest BCUT2D eigenvalue weighted by atomic mass is 9.96. The Balaban J connectivity index is 2.02. The molecule has 114 valence electrons. The van der Waals surface area contributed by atoms with Gasteiger partial charge in [-0.1, -0.05) is 31.2 Å². The number of hydrogen-bond donors (Lipinski definition) is 0. The highest BCUT2D eigenvalue weighted by Crippen LogP contribution is 2.26. The summed E-state index contributed by atoms with van der Waals surface area (Å²) in [6.07, 6.45) is 0.679. The highest BCUT2D eigenvalue weighted by Gasteiger charge is 2.17. The summed E-state index contributed by atoms with van der Waals surface area (Å²) in [5.41, 5.74) is 3.65. The summed E-state index contributed by atoms with van der Waals surface area (Å²) >= 11 is 1.69. The topological polar surface area (TPSA) is 34.1 Å². The van der Waals surface area contributed by atoms with Crippen molar-refractivity contribution in [3.63, 3.8) is 0 Å². The van der Waals surface area contributed by atoms with Crippen molar-refractivity contribution in [1.29, 1.82) is 0 Å². The number of thiophene rings is 1. The molecule has 1 aromatic heterocycles. The Hall–Kier alpha value is -1.13. The van der Waals surface area contributed by atoms with Crippen LogP contribution in [0.5, 0.6) is 0 Å². The highest BCUT2D eigenvalue weighted by atomic mass is 32.2. The second-order valence-electron chi connectivity index (χ2n) is 5.74. The van der Waals surface area contributed by atoms with E-state index in [0.717, 1.165) is 0 Å². The molecule has 2 aromatic rings. The van der Waals surface area contributed by atoms with E-state index in [1.54, 1.807) is 25.2 Å². The molecule has 2 rings (SSSR count). The Morgan fingerprint density at radius 2 is 1.67 bits per heavy atom. The van der Waals surface area contributed by atoms with Crippen LogP contribution in [0.15, 0.2) is 41.1 Å². The zero-order chi connectivity index (χ0) is 15.5. The van der Waals surface area contributed by atoms with Gasteiger partial charge in [0, 0.05) is 0 Å². The average Bonchev–Trinajstić information content (AvgIpc) is 2.99. The van der Waals surface area contributed by atoms with Gasteiger partial charge in [0.25, 0.3) is 0 Å². The van der Waals surface area contributed by atoms with Crippen molar-refractivity contribution in [2.45, 2.75) is 38.4 Å². The molecule has 0 radical (unpaired) electrons. The van der Waals surface area contributed by atoms with Crippen LogP contribution in [-0.2, 0) is 9.84 Å². The standard InChI is InChI=1S/C17H22O2S2/c1-13(2)21(18,19)11-9-14(3)15-4-6-16(7-5-15)17-8-10-20-12-17/h4-8,10,12-14H,9,11H2,1-3H3. The number of rotatable bonds is 6. The first kappa shape index (κ1) is 16.2. The monoisotopic (exact) mass is 322 g/mol. The van der Waals surface area contributed by atoms with Gasteiger partial charge >= 0.3 is 0 Å². The molecule has 1 atom stereocenters. The number of hydrogen-bond acceptors (Lipinski definition) is 3. The fourth-order valence-electron chi connectivity index (χ4n) is 2.18. The van der Waals surface area contributed by atoms with Crippen LogP contribution in [0.25, 0.3) is 11.1 Å². The molecule has 1 heterocycles. The summed E-state index contributed by atoms with van der Waals surface area (Å²) in [6, 6.07) is 10.6. The number of benzene rings is 1. The van der Waals surface area contributed by atoms with E-state index in [-0.39, 0.29) is 16.9 Å². The van der Waals surface area contributed by atoms with Crippen LogP contribution in [0, 0.1) is 0 Å². The maximum Gasteiger partial charge on any atom is 0.152 e. The van der Waals surface area contributed by atoms with E-state index >= 15 is 0 Å². The maximum atomic E-state index is 11.9. The minimum atomic E-state index is -2.94. The summed E-state index contributed by atoms with van der Waals surface area (Å²) in [7, 11) is -2.94. The van der Waals surface area contributed by atoms with Gasteiger partial charge in [0.15, 0.2) is 9.84 Å². The second-order valence-corrected chi connectivity index (χ2v) is 9.20. The molecule has 0 fully saturated rings. The molecule has 0 aliphatic carbocycles. The van der Waals surface area contributed by atoms with Gasteiger partial charge in [0.1, 0.15) is 0 Å². The first-order valence-corrected chi connectivity index (χ1v) is 9.90. The van der Waals surface area contributed by atoms with Crippen molar-refractivity contribution in [3.05, 3.63) is 46.7 Å². The van der Waals surface area contributed by atoms with E-state index < -0.39 is 9.84 Å². The lowest BCUT2D eigenvalue weighted by Crippen LogP contribution is -2.18. The predicted octanol–water partition coefficient (Wildman–Crippen LogP) is 4.73. The lowest BCUT2D eigenvalue weighted by molar-refractivity contribution is 0.580. The zero-order valence-corrected chi connectivity index (χ0v) is 14.4. The predicted molar refractivity (Wildman–Crippen MR) is 91.7 cm³/mol. The SMILES string of the molecule is CC(CCS(=O)(=O)C(C)C)c1ccc(-c2ccsc2)cc1. The van der Waals surface area contributed by atoms with E-state index in [1.165, 1.54) is 16.7 Å². The molecule has 0 saturated carbocycles. The Bertz CT molecular complexity index is 653. The van der Waals surface area contributed by atoms with Gasteiger partial charge in [-0.2, -0.15) is 11.3 Å². The van der Waals surface area contributed by atoms with Crippen LogP contribution in [0.3, 0.4) is 0 Å². The maximum absolute atomic E-state index is 11.9. The average molecular weight is 322 g/mol. The quantitative estimate of drug-likeness (QED) is 0.770. The van der Waals surface area contributed by atoms with E-state index in [1.807, 2.05) is 0 Å². The van der Waals surface area contributed by atoms with E-state index in [9.17, 15) is 8.42 Å². The minimum Gasteiger partial charge on any atom is -0.229 e. The van der Waals surface area contributed by atoms with Crippen molar-refractivity contribution in [2.24, 2.45) is 0 Å². The highest BCUT2D eigenvalue weighted by molar-refractivity contribution is 7.91. The van der Waals surface area contributed by atoms with Gasteiger partial charge in [0.05, 0.1) is 11.0 Å². The lowest BCUT2D eigenvalue weighted by Gasteiger charge is -2.14. The second kappa shape index (κ2) is 6.75.